The Morgan fingerprint density at radius 2 is 1.96 bits per heavy atom. The third-order valence-corrected chi connectivity index (χ3v) is 5.94. The minimum Gasteiger partial charge on any atom is -0.481 e. The van der Waals surface area contributed by atoms with E-state index in [2.05, 4.69) is 10.3 Å². The second-order valence-electron chi connectivity index (χ2n) is 6.51. The van der Waals surface area contributed by atoms with Gasteiger partial charge in [0.1, 0.15) is 5.01 Å². The minimum absolute atomic E-state index is 0.0417. The van der Waals surface area contributed by atoms with E-state index in [1.807, 2.05) is 37.3 Å². The number of amides is 1. The summed E-state index contributed by atoms with van der Waals surface area (Å²) >= 11 is 1.59. The number of aryl methyl sites for hydroxylation is 1. The van der Waals surface area contributed by atoms with E-state index in [0.717, 1.165) is 34.0 Å². The molecular formula is C19H22N2O3S. The molecule has 0 radical (unpaired) electrons. The van der Waals surface area contributed by atoms with Gasteiger partial charge in [0.05, 0.1) is 18.2 Å². The van der Waals surface area contributed by atoms with Crippen LogP contribution in [0, 0.1) is 18.8 Å². The zero-order valence-corrected chi connectivity index (χ0v) is 15.0. The highest BCUT2D eigenvalue weighted by Gasteiger charge is 2.30. The van der Waals surface area contributed by atoms with Crippen LogP contribution in [0.2, 0.25) is 0 Å². The monoisotopic (exact) mass is 358 g/mol. The summed E-state index contributed by atoms with van der Waals surface area (Å²) in [7, 11) is 0. The Morgan fingerprint density at radius 3 is 2.68 bits per heavy atom. The first kappa shape index (κ1) is 17.6. The fraction of sp³-hybridized carbons (Fsp3) is 0.421. The number of thiazole rings is 1. The van der Waals surface area contributed by atoms with Gasteiger partial charge in [0.2, 0.25) is 5.91 Å². The molecule has 1 aromatic heterocycles. The Morgan fingerprint density at radius 1 is 1.24 bits per heavy atom. The third kappa shape index (κ3) is 4.25. The lowest BCUT2D eigenvalue weighted by molar-refractivity contribution is -0.144. The summed E-state index contributed by atoms with van der Waals surface area (Å²) in [5.41, 5.74) is 2.00. The molecule has 3 rings (SSSR count). The Hall–Kier alpha value is -2.21. The highest BCUT2D eigenvalue weighted by Crippen LogP contribution is 2.30. The van der Waals surface area contributed by atoms with Crippen LogP contribution in [-0.4, -0.2) is 22.0 Å². The van der Waals surface area contributed by atoms with Gasteiger partial charge in [-0.1, -0.05) is 36.8 Å². The molecule has 5 nitrogen and oxygen atoms in total. The number of hydrogen-bond acceptors (Lipinski definition) is 4. The quantitative estimate of drug-likeness (QED) is 0.855. The van der Waals surface area contributed by atoms with Gasteiger partial charge in [-0.25, -0.2) is 4.98 Å². The fourth-order valence-corrected chi connectivity index (χ4v) is 4.27. The van der Waals surface area contributed by atoms with Gasteiger partial charge in [0.25, 0.3) is 0 Å². The number of hydrogen-bond donors (Lipinski definition) is 2. The number of rotatable bonds is 5. The molecule has 1 aliphatic carbocycles. The van der Waals surface area contributed by atoms with Crippen molar-refractivity contribution in [2.24, 2.45) is 11.8 Å². The molecule has 1 aromatic carbocycles. The molecule has 1 aliphatic rings. The van der Waals surface area contributed by atoms with Crippen molar-refractivity contribution >= 4 is 23.2 Å². The van der Waals surface area contributed by atoms with Crippen LogP contribution in [0.3, 0.4) is 0 Å². The van der Waals surface area contributed by atoms with E-state index in [9.17, 15) is 9.59 Å². The van der Waals surface area contributed by atoms with Crippen LogP contribution in [0.1, 0.15) is 36.3 Å². The van der Waals surface area contributed by atoms with Gasteiger partial charge in [-0.3, -0.25) is 9.59 Å². The Balaban J connectivity index is 1.61. The van der Waals surface area contributed by atoms with Crippen molar-refractivity contribution in [1.82, 2.24) is 10.3 Å². The van der Waals surface area contributed by atoms with Crippen molar-refractivity contribution in [2.45, 2.75) is 39.2 Å². The standard InChI is InChI=1S/C19H22N2O3S/c1-12-16(25-18(21-12)13-6-3-2-4-7-13)11-20-17(22)14-8-5-9-15(10-14)19(23)24/h2-4,6-7,14-15H,5,8-11H2,1H3,(H,20,22)(H,23,24). The molecule has 2 N–H and O–H groups in total. The lowest BCUT2D eigenvalue weighted by atomic mass is 9.81. The molecule has 1 saturated carbocycles. The summed E-state index contributed by atoms with van der Waals surface area (Å²) in [6.07, 6.45) is 2.69. The smallest absolute Gasteiger partial charge is 0.306 e. The van der Waals surface area contributed by atoms with Gasteiger partial charge in [-0.2, -0.15) is 0 Å². The first-order valence-corrected chi connectivity index (χ1v) is 9.38. The van der Waals surface area contributed by atoms with Gasteiger partial charge in [-0.05, 0) is 26.2 Å². The molecule has 1 fully saturated rings. The fourth-order valence-electron chi connectivity index (χ4n) is 3.26. The molecule has 0 bridgehead atoms. The zero-order valence-electron chi connectivity index (χ0n) is 14.2. The Bertz CT molecular complexity index is 757. The number of carboxylic acids is 1. The van der Waals surface area contributed by atoms with Gasteiger partial charge < -0.3 is 10.4 Å². The largest absolute Gasteiger partial charge is 0.481 e. The molecule has 0 spiro atoms. The molecule has 2 unspecified atom stereocenters. The summed E-state index contributed by atoms with van der Waals surface area (Å²) in [4.78, 5) is 29.2. The van der Waals surface area contributed by atoms with Gasteiger partial charge in [0, 0.05) is 16.4 Å². The summed E-state index contributed by atoms with van der Waals surface area (Å²) in [6.45, 7) is 2.40. The lowest BCUT2D eigenvalue weighted by Gasteiger charge is -2.25. The van der Waals surface area contributed by atoms with Crippen LogP contribution in [0.15, 0.2) is 30.3 Å². The maximum Gasteiger partial charge on any atom is 0.306 e. The highest BCUT2D eigenvalue weighted by molar-refractivity contribution is 7.15. The van der Waals surface area contributed by atoms with Crippen molar-refractivity contribution in [3.8, 4) is 10.6 Å². The molecule has 6 heteroatoms. The van der Waals surface area contributed by atoms with Crippen molar-refractivity contribution in [2.75, 3.05) is 0 Å². The molecule has 1 heterocycles. The molecule has 2 aromatic rings. The van der Waals surface area contributed by atoms with Crippen molar-refractivity contribution in [1.29, 1.82) is 0 Å². The predicted octanol–water partition coefficient (Wildman–Crippen LogP) is 3.63. The maximum atomic E-state index is 12.4. The predicted molar refractivity (Wildman–Crippen MR) is 97.2 cm³/mol. The molecule has 1 amide bonds. The lowest BCUT2D eigenvalue weighted by Crippen LogP contribution is -2.35. The van der Waals surface area contributed by atoms with Crippen molar-refractivity contribution in [3.63, 3.8) is 0 Å². The molecule has 25 heavy (non-hydrogen) atoms. The average Bonchev–Trinajstić information content (AvgIpc) is 3.01. The number of benzene rings is 1. The Kier molecular flexibility index (Phi) is 5.48. The summed E-state index contributed by atoms with van der Waals surface area (Å²) < 4.78 is 0. The van der Waals surface area contributed by atoms with E-state index >= 15 is 0 Å². The number of nitrogens with zero attached hydrogens (tertiary/aromatic N) is 1. The summed E-state index contributed by atoms with van der Waals surface area (Å²) in [6, 6.07) is 9.98. The van der Waals surface area contributed by atoms with Crippen LogP contribution >= 0.6 is 11.3 Å². The van der Waals surface area contributed by atoms with E-state index < -0.39 is 5.97 Å². The first-order chi connectivity index (χ1) is 12.0. The van der Waals surface area contributed by atoms with Crippen LogP contribution in [0.4, 0.5) is 0 Å². The highest BCUT2D eigenvalue weighted by atomic mass is 32.1. The molecule has 0 aliphatic heterocycles. The van der Waals surface area contributed by atoms with Crippen LogP contribution in [0.5, 0.6) is 0 Å². The molecule has 0 saturated heterocycles. The minimum atomic E-state index is -0.789. The SMILES string of the molecule is Cc1nc(-c2ccccc2)sc1CNC(=O)C1CCCC(C(=O)O)C1. The number of aromatic nitrogens is 1. The van der Waals surface area contributed by atoms with Crippen LogP contribution in [-0.2, 0) is 16.1 Å². The topological polar surface area (TPSA) is 79.3 Å². The van der Waals surface area contributed by atoms with Gasteiger partial charge in [0.15, 0.2) is 0 Å². The summed E-state index contributed by atoms with van der Waals surface area (Å²) in [5.74, 6) is -1.42. The number of aliphatic carboxylic acids is 1. The van der Waals surface area contributed by atoms with E-state index in [1.54, 1.807) is 11.3 Å². The average molecular weight is 358 g/mol. The van der Waals surface area contributed by atoms with Gasteiger partial charge >= 0.3 is 5.97 Å². The van der Waals surface area contributed by atoms with E-state index in [1.165, 1.54) is 0 Å². The second-order valence-corrected chi connectivity index (χ2v) is 7.59. The van der Waals surface area contributed by atoms with Crippen LogP contribution in [0.25, 0.3) is 10.6 Å². The molecular weight excluding hydrogens is 336 g/mol. The summed E-state index contributed by atoms with van der Waals surface area (Å²) in [5, 5.41) is 13.1. The molecule has 132 valence electrons. The number of nitrogens with one attached hydrogen (secondary N) is 1. The van der Waals surface area contributed by atoms with Crippen LogP contribution < -0.4 is 5.32 Å². The van der Waals surface area contributed by atoms with Crippen molar-refractivity contribution in [3.05, 3.63) is 40.9 Å². The maximum absolute atomic E-state index is 12.4. The normalized spacial score (nSPS) is 20.2. The zero-order chi connectivity index (χ0) is 17.8. The molecule has 2 atom stereocenters. The van der Waals surface area contributed by atoms with Gasteiger partial charge in [-0.15, -0.1) is 11.3 Å². The number of carbonyl (C=O) groups excluding carboxylic acids is 1. The first-order valence-electron chi connectivity index (χ1n) is 8.57. The third-order valence-electron chi connectivity index (χ3n) is 4.73. The Labute approximate surface area is 151 Å². The van der Waals surface area contributed by atoms with E-state index in [-0.39, 0.29) is 17.7 Å². The second kappa shape index (κ2) is 7.78. The van der Waals surface area contributed by atoms with E-state index in [4.69, 9.17) is 5.11 Å². The van der Waals surface area contributed by atoms with Crippen molar-refractivity contribution < 1.29 is 14.7 Å². The number of carboxylic acid groups (broad SMARTS) is 1. The van der Waals surface area contributed by atoms with E-state index in [0.29, 0.717) is 19.4 Å². The number of carbonyl (C=O) groups is 2.